The van der Waals surface area contributed by atoms with E-state index in [0.29, 0.717) is 5.69 Å². The fourth-order valence-corrected chi connectivity index (χ4v) is 1.95. The van der Waals surface area contributed by atoms with Crippen LogP contribution in [0.2, 0.25) is 5.02 Å². The van der Waals surface area contributed by atoms with Gasteiger partial charge in [0.15, 0.2) is 0 Å². The van der Waals surface area contributed by atoms with Gasteiger partial charge in [-0.15, -0.1) is 0 Å². The number of aromatic carboxylic acids is 1. The lowest BCUT2D eigenvalue weighted by Crippen LogP contribution is -2.22. The van der Waals surface area contributed by atoms with Crippen molar-refractivity contribution in [3.63, 3.8) is 0 Å². The predicted molar refractivity (Wildman–Crippen MR) is 76.8 cm³/mol. The van der Waals surface area contributed by atoms with E-state index in [-0.39, 0.29) is 21.8 Å². The van der Waals surface area contributed by atoms with Gasteiger partial charge < -0.3 is 15.2 Å². The molecule has 0 spiro atoms. The Morgan fingerprint density at radius 3 is 2.23 bits per heavy atom. The number of hydrogen-bond donors (Lipinski definition) is 1. The molecule has 0 aromatic heterocycles. The van der Waals surface area contributed by atoms with Crippen LogP contribution in [0.3, 0.4) is 0 Å². The van der Waals surface area contributed by atoms with Crippen LogP contribution in [0.25, 0.3) is 0 Å². The molecule has 0 fully saturated rings. The zero-order chi connectivity index (χ0) is 16.3. The Balaban J connectivity index is 2.18. The van der Waals surface area contributed by atoms with Gasteiger partial charge in [-0.1, -0.05) is 23.7 Å². The Labute approximate surface area is 129 Å². The highest BCUT2D eigenvalue weighted by molar-refractivity contribution is 6.34. The summed E-state index contributed by atoms with van der Waals surface area (Å²) in [6, 6.07) is 8.83. The van der Waals surface area contributed by atoms with Gasteiger partial charge >= 0.3 is 0 Å². The quantitative estimate of drug-likeness (QED) is 0.682. The molecule has 0 atom stereocenters. The number of carbonyl (C=O) groups excluding carboxylic acids is 2. The molecule has 0 unspecified atom stereocenters. The number of nitrogens with one attached hydrogen (secondary N) is 1. The molecule has 22 heavy (non-hydrogen) atoms. The van der Waals surface area contributed by atoms with Crippen LogP contribution in [-0.2, 0) is 0 Å². The first-order valence-corrected chi connectivity index (χ1v) is 6.33. The summed E-state index contributed by atoms with van der Waals surface area (Å²) in [5.74, 6) is -1.89. The summed E-state index contributed by atoms with van der Waals surface area (Å²) in [6.45, 7) is 0. The molecule has 0 radical (unpaired) electrons. The molecule has 112 valence electrons. The topological polar surface area (TPSA) is 112 Å². The Hall–Kier alpha value is -2.93. The van der Waals surface area contributed by atoms with Crippen molar-refractivity contribution >= 4 is 34.9 Å². The average molecular weight is 320 g/mol. The highest BCUT2D eigenvalue weighted by Crippen LogP contribution is 2.23. The van der Waals surface area contributed by atoms with Gasteiger partial charge in [-0.25, -0.2) is 0 Å². The molecule has 0 aliphatic carbocycles. The van der Waals surface area contributed by atoms with Gasteiger partial charge in [0.2, 0.25) is 0 Å². The van der Waals surface area contributed by atoms with Crippen molar-refractivity contribution < 1.29 is 19.6 Å². The first-order chi connectivity index (χ1) is 10.4. The molecule has 0 aliphatic rings. The van der Waals surface area contributed by atoms with Crippen LogP contribution in [-0.4, -0.2) is 16.8 Å². The Morgan fingerprint density at radius 1 is 1.09 bits per heavy atom. The van der Waals surface area contributed by atoms with E-state index in [4.69, 9.17) is 11.6 Å². The fraction of sp³-hybridized carbons (Fsp3) is 0. The first kappa shape index (κ1) is 15.5. The third kappa shape index (κ3) is 3.39. The predicted octanol–water partition coefficient (Wildman–Crippen LogP) is 1.86. The van der Waals surface area contributed by atoms with E-state index in [1.807, 2.05) is 0 Å². The lowest BCUT2D eigenvalue weighted by Gasteiger charge is -2.08. The number of rotatable bonds is 4. The van der Waals surface area contributed by atoms with Crippen molar-refractivity contribution in [3.8, 4) is 0 Å². The van der Waals surface area contributed by atoms with Crippen LogP contribution in [0.15, 0.2) is 42.5 Å². The second-order valence-electron chi connectivity index (χ2n) is 4.24. The average Bonchev–Trinajstić information content (AvgIpc) is 2.47. The lowest BCUT2D eigenvalue weighted by atomic mass is 10.1. The maximum atomic E-state index is 12.0. The molecule has 8 heteroatoms. The summed E-state index contributed by atoms with van der Waals surface area (Å²) in [5.41, 5.74) is 0.173. The van der Waals surface area contributed by atoms with Gasteiger partial charge in [0, 0.05) is 17.8 Å². The third-order valence-corrected chi connectivity index (χ3v) is 3.10. The van der Waals surface area contributed by atoms with Crippen molar-refractivity contribution in [1.82, 2.24) is 0 Å². The summed E-state index contributed by atoms with van der Waals surface area (Å²) in [4.78, 5) is 32.6. The van der Waals surface area contributed by atoms with E-state index in [1.165, 1.54) is 36.4 Å². The van der Waals surface area contributed by atoms with Gasteiger partial charge in [-0.3, -0.25) is 14.9 Å². The molecule has 0 aliphatic heterocycles. The van der Waals surface area contributed by atoms with Crippen LogP contribution in [0.4, 0.5) is 11.4 Å². The number of nitro groups is 1. The van der Waals surface area contributed by atoms with E-state index in [1.54, 1.807) is 0 Å². The summed E-state index contributed by atoms with van der Waals surface area (Å²) in [5, 5.41) is 23.7. The molecular formula is C14H8ClN2O5-. The van der Waals surface area contributed by atoms with Crippen molar-refractivity contribution in [2.24, 2.45) is 0 Å². The smallest absolute Gasteiger partial charge is 0.270 e. The maximum absolute atomic E-state index is 12.0. The molecule has 2 rings (SSSR count). The van der Waals surface area contributed by atoms with Crippen molar-refractivity contribution in [2.75, 3.05) is 5.32 Å². The van der Waals surface area contributed by atoms with Crippen LogP contribution >= 0.6 is 11.6 Å². The third-order valence-electron chi connectivity index (χ3n) is 2.79. The van der Waals surface area contributed by atoms with E-state index in [0.717, 1.165) is 6.07 Å². The minimum Gasteiger partial charge on any atom is -0.545 e. The van der Waals surface area contributed by atoms with Crippen LogP contribution < -0.4 is 10.4 Å². The first-order valence-electron chi connectivity index (χ1n) is 5.95. The fourth-order valence-electron chi connectivity index (χ4n) is 1.69. The number of nitrogens with zero attached hydrogens (tertiary/aromatic N) is 1. The highest BCUT2D eigenvalue weighted by Gasteiger charge is 2.15. The van der Waals surface area contributed by atoms with Crippen molar-refractivity contribution in [2.45, 2.75) is 0 Å². The number of halogens is 1. The molecule has 2 aromatic rings. The zero-order valence-corrected chi connectivity index (χ0v) is 11.7. The van der Waals surface area contributed by atoms with Crippen molar-refractivity contribution in [3.05, 3.63) is 68.7 Å². The molecule has 0 saturated carbocycles. The second-order valence-corrected chi connectivity index (χ2v) is 4.65. The van der Waals surface area contributed by atoms with Gasteiger partial charge in [0.25, 0.3) is 11.6 Å². The number of benzene rings is 2. The van der Waals surface area contributed by atoms with Gasteiger partial charge in [-0.05, 0) is 23.8 Å². The molecule has 0 bridgehead atoms. The molecular weight excluding hydrogens is 312 g/mol. The summed E-state index contributed by atoms with van der Waals surface area (Å²) in [6.07, 6.45) is 0. The lowest BCUT2D eigenvalue weighted by molar-refractivity contribution is -0.384. The normalized spacial score (nSPS) is 10.0. The number of carboxylic acid groups (broad SMARTS) is 1. The molecule has 0 saturated heterocycles. The SMILES string of the molecule is O=C([O-])c1ccc(NC(=O)c2ccc([N+](=O)[O-])cc2Cl)cc1. The number of amides is 1. The summed E-state index contributed by atoms with van der Waals surface area (Å²) in [7, 11) is 0. The minimum atomic E-state index is -1.32. The summed E-state index contributed by atoms with van der Waals surface area (Å²) >= 11 is 5.85. The zero-order valence-electron chi connectivity index (χ0n) is 10.9. The highest BCUT2D eigenvalue weighted by atomic mass is 35.5. The van der Waals surface area contributed by atoms with Gasteiger partial charge in [0.1, 0.15) is 0 Å². The van der Waals surface area contributed by atoms with Crippen molar-refractivity contribution in [1.29, 1.82) is 0 Å². The summed E-state index contributed by atoms with van der Waals surface area (Å²) < 4.78 is 0. The number of hydrogen-bond acceptors (Lipinski definition) is 5. The largest absolute Gasteiger partial charge is 0.545 e. The monoisotopic (exact) mass is 319 g/mol. The number of carboxylic acids is 1. The van der Waals surface area contributed by atoms with Crippen LogP contribution in [0.5, 0.6) is 0 Å². The molecule has 7 nitrogen and oxygen atoms in total. The number of carbonyl (C=O) groups is 2. The second kappa shape index (κ2) is 6.23. The minimum absolute atomic E-state index is 0.0219. The van der Waals surface area contributed by atoms with Crippen LogP contribution in [0.1, 0.15) is 20.7 Å². The van der Waals surface area contributed by atoms with Gasteiger partial charge in [-0.2, -0.15) is 0 Å². The van der Waals surface area contributed by atoms with E-state index in [2.05, 4.69) is 5.32 Å². The molecule has 1 N–H and O–H groups in total. The molecule has 1 amide bonds. The van der Waals surface area contributed by atoms with E-state index >= 15 is 0 Å². The van der Waals surface area contributed by atoms with E-state index < -0.39 is 16.8 Å². The van der Waals surface area contributed by atoms with Gasteiger partial charge in [0.05, 0.1) is 21.5 Å². The maximum Gasteiger partial charge on any atom is 0.270 e. The Morgan fingerprint density at radius 2 is 1.73 bits per heavy atom. The molecule has 2 aromatic carbocycles. The Bertz CT molecular complexity index is 758. The number of anilines is 1. The standard InChI is InChI=1S/C14H9ClN2O5/c15-12-7-10(17(21)22)5-6-11(12)13(18)16-9-3-1-8(2-4-9)14(19)20/h1-7H,(H,16,18)(H,19,20)/p-1. The van der Waals surface area contributed by atoms with Crippen LogP contribution in [0, 0.1) is 10.1 Å². The number of nitro benzene ring substituents is 1. The number of non-ortho nitro benzene ring substituents is 1. The molecule has 0 heterocycles. The Kier molecular flexibility index (Phi) is 4.38. The van der Waals surface area contributed by atoms with E-state index in [9.17, 15) is 24.8 Å².